The number of rotatable bonds is 1. The fraction of sp³-hybridized carbons (Fsp3) is 0.250. The van der Waals surface area contributed by atoms with Gasteiger partial charge >= 0.3 is 0 Å². The van der Waals surface area contributed by atoms with Crippen LogP contribution in [-0.4, -0.2) is 13.0 Å². The number of carbonyl (C=O) groups excluding carboxylic acids is 1. The van der Waals surface area contributed by atoms with Crippen molar-refractivity contribution >= 4 is 30.1 Å². The molecule has 0 aromatic rings. The first-order valence-electron chi connectivity index (χ1n) is 1.94. The Hall–Kier alpha value is -0.150. The Kier molecular flexibility index (Phi) is 3.73. The van der Waals surface area contributed by atoms with Gasteiger partial charge in [-0.25, -0.2) is 0 Å². The number of likely N-dealkylation sites (N-methyl/N-ethyl adjacent to an activating group) is 1. The Morgan fingerprint density at radius 1 is 1.88 bits per heavy atom. The molecule has 4 heteroatoms. The molecule has 0 saturated carbocycles. The summed E-state index contributed by atoms with van der Waals surface area (Å²) in [7, 11) is 1.52. The van der Waals surface area contributed by atoms with Gasteiger partial charge in [0.25, 0.3) is 0 Å². The van der Waals surface area contributed by atoms with Gasteiger partial charge in [-0.2, -0.15) is 0 Å². The molecule has 1 N–H and O–H groups in total. The summed E-state index contributed by atoms with van der Waals surface area (Å²) in [6.07, 6.45) is 1.19. The topological polar surface area (TPSA) is 29.1 Å². The van der Waals surface area contributed by atoms with Crippen LogP contribution in [0.5, 0.6) is 0 Å². The van der Waals surface area contributed by atoms with E-state index in [-0.39, 0.29) is 10.3 Å². The lowest BCUT2D eigenvalue weighted by molar-refractivity contribution is -0.116. The maximum Gasteiger partial charge on any atom is 0.245 e. The zero-order chi connectivity index (χ0) is 6.57. The van der Waals surface area contributed by atoms with Gasteiger partial charge in [0.1, 0.15) is 0 Å². The minimum Gasteiger partial charge on any atom is -0.356 e. The van der Waals surface area contributed by atoms with Crippen LogP contribution < -0.4 is 5.32 Å². The van der Waals surface area contributed by atoms with E-state index in [2.05, 4.69) is 17.9 Å². The molecule has 0 fully saturated rings. The van der Waals surface area contributed by atoms with Crippen LogP contribution in [0.15, 0.2) is 10.4 Å². The molecule has 0 heterocycles. The molecule has 0 saturated heterocycles. The monoisotopic (exact) mass is 151 g/mol. The summed E-state index contributed by atoms with van der Waals surface area (Å²) in [5.74, 6) is -0.245. The molecule has 0 aromatic carbocycles. The fourth-order valence-electron chi connectivity index (χ4n) is 0.180. The number of nitrogens with one attached hydrogen (secondary N) is 1. The van der Waals surface area contributed by atoms with Crippen LogP contribution >= 0.6 is 24.2 Å². The van der Waals surface area contributed by atoms with Crippen LogP contribution in [0.25, 0.3) is 0 Å². The number of thiol groups is 1. The van der Waals surface area contributed by atoms with Gasteiger partial charge in [0.15, 0.2) is 0 Å². The molecule has 0 rings (SSSR count). The van der Waals surface area contributed by atoms with E-state index < -0.39 is 0 Å². The third kappa shape index (κ3) is 4.02. The molecular formula is C4H6ClNOS. The van der Waals surface area contributed by atoms with E-state index >= 15 is 0 Å². The van der Waals surface area contributed by atoms with Crippen LogP contribution in [0.2, 0.25) is 0 Å². The predicted molar refractivity (Wildman–Crippen MR) is 37.0 cm³/mol. The molecular weight excluding hydrogens is 146 g/mol. The molecule has 0 radical (unpaired) electrons. The minimum atomic E-state index is -0.245. The highest BCUT2D eigenvalue weighted by molar-refractivity contribution is 7.86. The second-order valence-corrected chi connectivity index (χ2v) is 2.23. The molecule has 0 aliphatic heterocycles. The molecule has 46 valence electrons. The first kappa shape index (κ1) is 7.85. The molecule has 8 heavy (non-hydrogen) atoms. The van der Waals surface area contributed by atoms with E-state index in [1.54, 1.807) is 0 Å². The second-order valence-electron chi connectivity index (χ2n) is 1.08. The summed E-state index contributed by atoms with van der Waals surface area (Å²) >= 11 is 8.87. The Morgan fingerprint density at radius 2 is 2.38 bits per heavy atom. The average molecular weight is 152 g/mol. The van der Waals surface area contributed by atoms with E-state index in [1.165, 1.54) is 13.1 Å². The second kappa shape index (κ2) is 3.80. The Bertz CT molecular complexity index is 119. The Morgan fingerprint density at radius 3 is 2.50 bits per heavy atom. The van der Waals surface area contributed by atoms with E-state index in [0.717, 1.165) is 0 Å². The highest BCUT2D eigenvalue weighted by Crippen LogP contribution is 2.03. The van der Waals surface area contributed by atoms with Gasteiger partial charge in [-0.3, -0.25) is 4.79 Å². The Balaban J connectivity index is 3.70. The number of amides is 1. The minimum absolute atomic E-state index is 0.185. The normalized spacial score (nSPS) is 11.1. The molecule has 0 aliphatic rings. The number of carbonyl (C=O) groups is 1. The summed E-state index contributed by atoms with van der Waals surface area (Å²) in [5.41, 5.74) is 0. The van der Waals surface area contributed by atoms with Crippen molar-refractivity contribution in [2.75, 3.05) is 7.05 Å². The van der Waals surface area contributed by atoms with E-state index in [4.69, 9.17) is 11.6 Å². The SMILES string of the molecule is CNC(=O)C=C(S)Cl. The van der Waals surface area contributed by atoms with Crippen molar-refractivity contribution in [1.29, 1.82) is 0 Å². The molecule has 1 amide bonds. The maximum absolute atomic E-state index is 10.3. The lowest BCUT2D eigenvalue weighted by Crippen LogP contribution is -2.14. The lowest BCUT2D eigenvalue weighted by Gasteiger charge is -1.87. The quantitative estimate of drug-likeness (QED) is 0.420. The lowest BCUT2D eigenvalue weighted by atomic mass is 10.6. The maximum atomic E-state index is 10.3. The number of hydrogen-bond acceptors (Lipinski definition) is 2. The largest absolute Gasteiger partial charge is 0.356 e. The van der Waals surface area contributed by atoms with E-state index in [9.17, 15) is 4.79 Å². The molecule has 0 aromatic heterocycles. The summed E-state index contributed by atoms with van der Waals surface area (Å²) in [6, 6.07) is 0. The number of halogens is 1. The molecule has 0 bridgehead atoms. The van der Waals surface area contributed by atoms with Crippen molar-refractivity contribution < 1.29 is 4.79 Å². The van der Waals surface area contributed by atoms with Gasteiger partial charge in [-0.05, 0) is 0 Å². The predicted octanol–water partition coefficient (Wildman–Crippen LogP) is 0.742. The average Bonchev–Trinajstić information content (AvgIpc) is 1.65. The molecule has 0 atom stereocenters. The van der Waals surface area contributed by atoms with Gasteiger partial charge in [0.2, 0.25) is 5.91 Å². The van der Waals surface area contributed by atoms with Crippen molar-refractivity contribution in [2.24, 2.45) is 0 Å². The summed E-state index contributed by atoms with van der Waals surface area (Å²) in [4.78, 5) is 10.3. The van der Waals surface area contributed by atoms with Crippen LogP contribution in [0.3, 0.4) is 0 Å². The summed E-state index contributed by atoms with van der Waals surface area (Å²) in [5, 5.41) is 2.35. The van der Waals surface area contributed by atoms with Crippen LogP contribution in [0, 0.1) is 0 Å². The Labute approximate surface area is 58.3 Å². The first-order valence-corrected chi connectivity index (χ1v) is 2.77. The van der Waals surface area contributed by atoms with Gasteiger partial charge in [0, 0.05) is 13.1 Å². The molecule has 0 spiro atoms. The smallest absolute Gasteiger partial charge is 0.245 e. The molecule has 0 unspecified atom stereocenters. The van der Waals surface area contributed by atoms with E-state index in [1.807, 2.05) is 0 Å². The highest BCUT2D eigenvalue weighted by atomic mass is 35.5. The van der Waals surface area contributed by atoms with Crippen molar-refractivity contribution in [2.45, 2.75) is 0 Å². The standard InChI is InChI=1S/C4H6ClNOS/c1-6-4(7)2-3(5)8/h2,8H,1H3,(H,6,7). The summed E-state index contributed by atoms with van der Waals surface area (Å²) in [6.45, 7) is 0. The zero-order valence-electron chi connectivity index (χ0n) is 4.31. The van der Waals surface area contributed by atoms with Gasteiger partial charge in [-0.1, -0.05) is 11.6 Å². The summed E-state index contributed by atoms with van der Waals surface area (Å²) < 4.78 is 0.185. The number of hydrogen-bond donors (Lipinski definition) is 2. The van der Waals surface area contributed by atoms with Crippen molar-refractivity contribution in [3.8, 4) is 0 Å². The van der Waals surface area contributed by atoms with Crippen molar-refractivity contribution in [3.63, 3.8) is 0 Å². The van der Waals surface area contributed by atoms with Gasteiger partial charge in [-0.15, -0.1) is 12.6 Å². The first-order chi connectivity index (χ1) is 3.66. The highest BCUT2D eigenvalue weighted by Gasteiger charge is 1.88. The van der Waals surface area contributed by atoms with Crippen LogP contribution in [-0.2, 0) is 4.79 Å². The van der Waals surface area contributed by atoms with Gasteiger partial charge in [0.05, 0.1) is 4.36 Å². The molecule has 0 aliphatic carbocycles. The zero-order valence-corrected chi connectivity index (χ0v) is 5.96. The molecule has 2 nitrogen and oxygen atoms in total. The van der Waals surface area contributed by atoms with Crippen molar-refractivity contribution in [3.05, 3.63) is 10.4 Å². The van der Waals surface area contributed by atoms with Crippen molar-refractivity contribution in [1.82, 2.24) is 5.32 Å². The third-order valence-electron chi connectivity index (χ3n) is 0.497. The van der Waals surface area contributed by atoms with Crippen LogP contribution in [0.1, 0.15) is 0 Å². The third-order valence-corrected chi connectivity index (χ3v) is 0.735. The van der Waals surface area contributed by atoms with E-state index in [0.29, 0.717) is 0 Å². The fourth-order valence-corrected chi connectivity index (χ4v) is 0.397. The van der Waals surface area contributed by atoms with Gasteiger partial charge < -0.3 is 5.32 Å². The van der Waals surface area contributed by atoms with Crippen LogP contribution in [0.4, 0.5) is 0 Å².